The van der Waals surface area contributed by atoms with Gasteiger partial charge in [0, 0.05) is 33.9 Å². The van der Waals surface area contributed by atoms with Crippen molar-refractivity contribution < 1.29 is 28.9 Å². The van der Waals surface area contributed by atoms with Gasteiger partial charge in [0.2, 0.25) is 0 Å². The molecular formula is C4H12ClO4P. The van der Waals surface area contributed by atoms with Gasteiger partial charge < -0.3 is 0 Å². The van der Waals surface area contributed by atoms with Gasteiger partial charge in [0.1, 0.15) is 0 Å². The third-order valence-electron chi connectivity index (χ3n) is 0. The van der Waals surface area contributed by atoms with E-state index in [-0.39, 0.29) is 7.26 Å². The summed E-state index contributed by atoms with van der Waals surface area (Å²) in [5.74, 6) is 0. The maximum Gasteiger partial charge on any atom is 0.0481 e. The molecule has 0 saturated heterocycles. The van der Waals surface area contributed by atoms with E-state index in [9.17, 15) is 0 Å². The van der Waals surface area contributed by atoms with Crippen LogP contribution in [0, 0.1) is 10.2 Å². The van der Waals surface area contributed by atoms with Crippen molar-refractivity contribution in [2.24, 2.45) is 0 Å². The van der Waals surface area contributed by atoms with Gasteiger partial charge in [-0.25, -0.2) is 18.6 Å². The van der Waals surface area contributed by atoms with Crippen LogP contribution in [-0.4, -0.2) is 26.7 Å². The topological polar surface area (TPSA) is 92.2 Å². The summed E-state index contributed by atoms with van der Waals surface area (Å²) in [4.78, 5) is 0. The molecule has 0 spiro atoms. The van der Waals surface area contributed by atoms with Gasteiger partial charge in [-0.3, -0.25) is 0 Å². The Morgan fingerprint density at radius 2 is 0.800 bits per heavy atom. The molecule has 0 aliphatic heterocycles. The van der Waals surface area contributed by atoms with Crippen molar-refractivity contribution in [1.82, 2.24) is 0 Å². The van der Waals surface area contributed by atoms with Crippen molar-refractivity contribution in [1.29, 1.82) is 0 Å². The average molecular weight is 191 g/mol. The van der Waals surface area contributed by atoms with E-state index in [1.54, 1.807) is 0 Å². The molecular weight excluding hydrogens is 178 g/mol. The second-order valence-corrected chi connectivity index (χ2v) is 9.18. The first kappa shape index (κ1) is 13.2. The normalized spacial score (nSPS) is 12.0. The summed E-state index contributed by atoms with van der Waals surface area (Å²) in [6, 6.07) is 0. The molecule has 0 rings (SSSR count). The first-order chi connectivity index (χ1) is 4.00. The predicted octanol–water partition coefficient (Wildman–Crippen LogP) is -3.23. The molecule has 10 heavy (non-hydrogen) atoms. The Hall–Kier alpha value is 0.560. The van der Waals surface area contributed by atoms with Gasteiger partial charge >= 0.3 is 0 Å². The highest BCUT2D eigenvalue weighted by molar-refractivity contribution is 7.72. The fraction of sp³-hybridized carbons (Fsp3) is 1.00. The van der Waals surface area contributed by atoms with E-state index in [2.05, 4.69) is 26.7 Å². The van der Waals surface area contributed by atoms with Crippen molar-refractivity contribution >= 4 is 7.26 Å². The lowest BCUT2D eigenvalue weighted by Crippen LogP contribution is -2.68. The third kappa shape index (κ3) is 1560. The summed E-state index contributed by atoms with van der Waals surface area (Å²) < 4.78 is 34.0. The Labute approximate surface area is 63.6 Å². The fourth-order valence-corrected chi connectivity index (χ4v) is 0. The van der Waals surface area contributed by atoms with Crippen molar-refractivity contribution in [2.45, 2.75) is 0 Å². The van der Waals surface area contributed by atoms with E-state index in [4.69, 9.17) is 18.6 Å². The molecule has 0 N–H and O–H groups in total. The lowest BCUT2D eigenvalue weighted by atomic mass is 11.8. The highest BCUT2D eigenvalue weighted by Gasteiger charge is 2.03. The van der Waals surface area contributed by atoms with Gasteiger partial charge in [-0.15, -0.1) is 10.2 Å². The smallest absolute Gasteiger partial charge is 0.0481 e. The zero-order valence-corrected chi connectivity index (χ0v) is 8.11. The first-order valence-corrected chi connectivity index (χ1v) is 7.22. The summed E-state index contributed by atoms with van der Waals surface area (Å²) in [6.07, 6.45) is 0. The summed E-state index contributed by atoms with van der Waals surface area (Å²) in [6.45, 7) is 9.19. The van der Waals surface area contributed by atoms with Gasteiger partial charge in [-0.05, 0) is 0 Å². The van der Waals surface area contributed by atoms with Crippen molar-refractivity contribution in [3.8, 4) is 0 Å². The lowest BCUT2D eigenvalue weighted by molar-refractivity contribution is -2.00. The quantitative estimate of drug-likeness (QED) is 0.376. The van der Waals surface area contributed by atoms with Crippen molar-refractivity contribution in [3.63, 3.8) is 0 Å². The third-order valence-corrected chi connectivity index (χ3v) is 0. The minimum absolute atomic E-state index is 0.389. The molecule has 0 aliphatic carbocycles. The average Bonchev–Trinajstić information content (AvgIpc) is 1.12. The van der Waals surface area contributed by atoms with Crippen LogP contribution in [0.2, 0.25) is 0 Å². The molecule has 0 aromatic rings. The van der Waals surface area contributed by atoms with Gasteiger partial charge in [0.25, 0.3) is 0 Å². The minimum atomic E-state index is -4.94. The molecule has 6 heteroatoms. The van der Waals surface area contributed by atoms with Crippen LogP contribution in [-0.2, 0) is 0 Å². The summed E-state index contributed by atoms with van der Waals surface area (Å²) in [5, 5.41) is 0. The van der Waals surface area contributed by atoms with Crippen LogP contribution in [0.15, 0.2) is 0 Å². The molecule has 0 fully saturated rings. The molecule has 0 bridgehead atoms. The molecule has 0 heterocycles. The van der Waals surface area contributed by atoms with Crippen LogP contribution in [0.5, 0.6) is 0 Å². The van der Waals surface area contributed by atoms with Crippen LogP contribution >= 0.6 is 7.26 Å². The van der Waals surface area contributed by atoms with Gasteiger partial charge in [-0.1, -0.05) is 0 Å². The fourth-order valence-electron chi connectivity index (χ4n) is 0. The standard InChI is InChI=1S/C4H12P.ClHO4/c1-5(2,3)4;2-1(3,4)5/h1-4H3;(H,2,3,4,5)/q+1;/p-1. The zero-order valence-electron chi connectivity index (χ0n) is 6.46. The van der Waals surface area contributed by atoms with Gasteiger partial charge in [0.15, 0.2) is 0 Å². The second kappa shape index (κ2) is 4.44. The molecule has 0 unspecified atom stereocenters. The molecule has 0 saturated carbocycles. The summed E-state index contributed by atoms with van der Waals surface area (Å²) in [5.41, 5.74) is 0. The van der Waals surface area contributed by atoms with Crippen molar-refractivity contribution in [3.05, 3.63) is 0 Å². The molecule has 0 amide bonds. The molecule has 64 valence electrons. The Morgan fingerprint density at radius 3 is 0.800 bits per heavy atom. The molecule has 0 aromatic heterocycles. The van der Waals surface area contributed by atoms with Crippen molar-refractivity contribution in [2.75, 3.05) is 26.7 Å². The predicted molar refractivity (Wildman–Crippen MR) is 30.6 cm³/mol. The number of halogens is 1. The van der Waals surface area contributed by atoms with E-state index in [0.29, 0.717) is 0 Å². The van der Waals surface area contributed by atoms with E-state index in [1.165, 1.54) is 0 Å². The molecule has 0 aromatic carbocycles. The van der Waals surface area contributed by atoms with Crippen LogP contribution in [0.25, 0.3) is 0 Å². The van der Waals surface area contributed by atoms with Gasteiger partial charge in [-0.2, -0.15) is 0 Å². The van der Waals surface area contributed by atoms with Crippen LogP contribution in [0.4, 0.5) is 0 Å². The zero-order chi connectivity index (χ0) is 9.00. The largest absolute Gasteiger partial charge is 0.222 e. The lowest BCUT2D eigenvalue weighted by Gasteiger charge is -2.17. The highest BCUT2D eigenvalue weighted by Crippen LogP contribution is 2.40. The Morgan fingerprint density at radius 1 is 0.800 bits per heavy atom. The molecule has 0 radical (unpaired) electrons. The van der Waals surface area contributed by atoms with Crippen LogP contribution in [0.1, 0.15) is 0 Å². The minimum Gasteiger partial charge on any atom is -0.222 e. The molecule has 0 atom stereocenters. The second-order valence-electron chi connectivity index (χ2n) is 3.06. The van der Waals surface area contributed by atoms with Gasteiger partial charge in [0.05, 0.1) is 0 Å². The monoisotopic (exact) mass is 190 g/mol. The summed E-state index contributed by atoms with van der Waals surface area (Å²) in [7, 11) is -5.33. The molecule has 0 aliphatic rings. The van der Waals surface area contributed by atoms with E-state index < -0.39 is 10.2 Å². The molecule has 4 nitrogen and oxygen atoms in total. The summed E-state index contributed by atoms with van der Waals surface area (Å²) >= 11 is 0. The Bertz CT molecular complexity index is 60.2. The maximum atomic E-state index is 8.49. The van der Waals surface area contributed by atoms with E-state index in [0.717, 1.165) is 0 Å². The number of hydrogen-bond acceptors (Lipinski definition) is 4. The van der Waals surface area contributed by atoms with E-state index in [1.807, 2.05) is 0 Å². The maximum absolute atomic E-state index is 8.49. The highest BCUT2D eigenvalue weighted by atomic mass is 35.7. The van der Waals surface area contributed by atoms with E-state index >= 15 is 0 Å². The Balaban J connectivity index is 0. The SMILES string of the molecule is C[P+](C)(C)C.[O-][Cl+3]([O-])([O-])[O-]. The Kier molecular flexibility index (Phi) is 5.85. The first-order valence-electron chi connectivity index (χ1n) is 2.41. The number of hydrogen-bond donors (Lipinski definition) is 0. The van der Waals surface area contributed by atoms with Crippen LogP contribution < -0.4 is 18.6 Å². The number of rotatable bonds is 0. The van der Waals surface area contributed by atoms with Crippen LogP contribution in [0.3, 0.4) is 0 Å².